The lowest BCUT2D eigenvalue weighted by molar-refractivity contribution is -0.136. The largest absolute Gasteiger partial charge is 0.487 e. The van der Waals surface area contributed by atoms with Crippen LogP contribution in [0.15, 0.2) is 78.9 Å². The van der Waals surface area contributed by atoms with Crippen molar-refractivity contribution in [2.75, 3.05) is 19.6 Å². The minimum Gasteiger partial charge on any atom is -0.487 e. The summed E-state index contributed by atoms with van der Waals surface area (Å²) in [6.07, 6.45) is 2.45. The van der Waals surface area contributed by atoms with Gasteiger partial charge in [-0.1, -0.05) is 60.7 Å². The first kappa shape index (κ1) is 27.2. The lowest BCUT2D eigenvalue weighted by atomic mass is 10.00. The smallest absolute Gasteiger partial charge is 0.255 e. The van der Waals surface area contributed by atoms with E-state index in [-0.39, 0.29) is 30.4 Å². The summed E-state index contributed by atoms with van der Waals surface area (Å²) in [6, 6.07) is 26.2. The van der Waals surface area contributed by atoms with Crippen molar-refractivity contribution in [3.8, 4) is 5.75 Å². The third-order valence-corrected chi connectivity index (χ3v) is 8.34. The van der Waals surface area contributed by atoms with Gasteiger partial charge in [0.25, 0.3) is 5.91 Å². The first-order chi connectivity index (χ1) is 20.0. The second-order valence-corrected chi connectivity index (χ2v) is 11.2. The number of likely N-dealkylation sites (tertiary alicyclic amines) is 1. The maximum absolute atomic E-state index is 13.1. The molecule has 8 heteroatoms. The van der Waals surface area contributed by atoms with Crippen LogP contribution in [0.2, 0.25) is 0 Å². The van der Waals surface area contributed by atoms with Gasteiger partial charge in [0.05, 0.1) is 0 Å². The van der Waals surface area contributed by atoms with Gasteiger partial charge in [-0.05, 0) is 60.7 Å². The van der Waals surface area contributed by atoms with Crippen LogP contribution in [0, 0.1) is 0 Å². The van der Waals surface area contributed by atoms with Gasteiger partial charge in [-0.2, -0.15) is 0 Å². The third-order valence-electron chi connectivity index (χ3n) is 8.34. The molecule has 8 nitrogen and oxygen atoms in total. The van der Waals surface area contributed by atoms with E-state index in [1.54, 1.807) is 11.0 Å². The minimum absolute atomic E-state index is 0.0652. The number of hydrogen-bond donors (Lipinski definition) is 2. The van der Waals surface area contributed by atoms with Crippen molar-refractivity contribution in [1.82, 2.24) is 20.4 Å². The van der Waals surface area contributed by atoms with Crippen molar-refractivity contribution >= 4 is 17.7 Å². The molecular weight excluding hydrogens is 516 g/mol. The van der Waals surface area contributed by atoms with Gasteiger partial charge in [0.1, 0.15) is 17.9 Å². The number of imide groups is 1. The Kier molecular flexibility index (Phi) is 8.11. The molecule has 212 valence electrons. The number of rotatable bonds is 9. The van der Waals surface area contributed by atoms with Crippen molar-refractivity contribution in [2.24, 2.45) is 0 Å². The number of carbonyl (C=O) groups excluding carboxylic acids is 3. The van der Waals surface area contributed by atoms with Crippen LogP contribution in [0.4, 0.5) is 0 Å². The summed E-state index contributed by atoms with van der Waals surface area (Å²) in [7, 11) is 0. The van der Waals surface area contributed by atoms with E-state index < -0.39 is 11.9 Å². The number of fused-ring (bicyclic) bond motifs is 1. The minimum atomic E-state index is -0.625. The molecule has 3 aromatic carbocycles. The van der Waals surface area contributed by atoms with E-state index in [4.69, 9.17) is 4.74 Å². The summed E-state index contributed by atoms with van der Waals surface area (Å²) in [5, 5.41) is 6.12. The van der Waals surface area contributed by atoms with E-state index in [2.05, 4.69) is 64.1 Å². The van der Waals surface area contributed by atoms with E-state index >= 15 is 0 Å². The van der Waals surface area contributed by atoms with Crippen molar-refractivity contribution in [2.45, 2.75) is 57.0 Å². The quantitative estimate of drug-likeness (QED) is 0.396. The molecule has 0 aliphatic carbocycles. The highest BCUT2D eigenvalue weighted by Crippen LogP contribution is 2.31. The molecule has 3 aromatic rings. The number of nitrogens with zero attached hydrogens (tertiary/aromatic N) is 2. The zero-order valence-corrected chi connectivity index (χ0v) is 23.1. The average Bonchev–Trinajstić information content (AvgIpc) is 3.30. The average molecular weight is 553 g/mol. The van der Waals surface area contributed by atoms with Gasteiger partial charge in [0.2, 0.25) is 11.8 Å². The molecule has 2 unspecified atom stereocenters. The molecule has 2 fully saturated rings. The van der Waals surface area contributed by atoms with Crippen LogP contribution in [0.5, 0.6) is 5.75 Å². The summed E-state index contributed by atoms with van der Waals surface area (Å²) in [6.45, 7) is 3.85. The van der Waals surface area contributed by atoms with Gasteiger partial charge in [-0.25, -0.2) is 0 Å². The molecule has 0 spiro atoms. The van der Waals surface area contributed by atoms with Gasteiger partial charge in [-0.3, -0.25) is 24.6 Å². The number of amides is 3. The van der Waals surface area contributed by atoms with E-state index in [0.29, 0.717) is 18.5 Å². The second kappa shape index (κ2) is 12.2. The van der Waals surface area contributed by atoms with Gasteiger partial charge in [0.15, 0.2) is 0 Å². The van der Waals surface area contributed by atoms with Crippen molar-refractivity contribution in [3.63, 3.8) is 0 Å². The van der Waals surface area contributed by atoms with Gasteiger partial charge < -0.3 is 15.0 Å². The number of piperidine rings is 2. The third kappa shape index (κ3) is 6.34. The summed E-state index contributed by atoms with van der Waals surface area (Å²) in [5.41, 5.74) is 4.03. The van der Waals surface area contributed by atoms with Crippen LogP contribution in [0.1, 0.15) is 46.3 Å². The van der Waals surface area contributed by atoms with Crippen molar-refractivity contribution in [3.05, 3.63) is 101 Å². The first-order valence-corrected chi connectivity index (χ1v) is 14.5. The predicted molar refractivity (Wildman–Crippen MR) is 155 cm³/mol. The molecule has 0 radical (unpaired) electrons. The van der Waals surface area contributed by atoms with E-state index in [0.717, 1.165) is 50.3 Å². The Morgan fingerprint density at radius 1 is 0.902 bits per heavy atom. The molecule has 6 rings (SSSR count). The molecule has 0 aromatic heterocycles. The molecule has 3 atom stereocenters. The Bertz CT molecular complexity index is 1400. The van der Waals surface area contributed by atoms with Gasteiger partial charge >= 0.3 is 0 Å². The van der Waals surface area contributed by atoms with Gasteiger partial charge in [-0.15, -0.1) is 0 Å². The molecule has 41 heavy (non-hydrogen) atoms. The van der Waals surface area contributed by atoms with E-state index in [9.17, 15) is 14.4 Å². The maximum atomic E-state index is 13.1. The van der Waals surface area contributed by atoms with E-state index in [1.807, 2.05) is 24.3 Å². The zero-order chi connectivity index (χ0) is 28.2. The molecule has 0 saturated carbocycles. The number of carbonyl (C=O) groups is 3. The lowest BCUT2D eigenvalue weighted by Crippen LogP contribution is -2.55. The Labute approximate surface area is 240 Å². The first-order valence-electron chi connectivity index (χ1n) is 14.5. The fourth-order valence-electron chi connectivity index (χ4n) is 6.16. The Morgan fingerprint density at radius 3 is 2.41 bits per heavy atom. The highest BCUT2D eigenvalue weighted by molar-refractivity contribution is 6.05. The Morgan fingerprint density at radius 2 is 1.66 bits per heavy atom. The highest BCUT2D eigenvalue weighted by atomic mass is 16.5. The number of ether oxygens (including phenoxy) is 1. The normalized spacial score (nSPS) is 22.9. The Hall–Kier alpha value is -4.01. The van der Waals surface area contributed by atoms with Crippen LogP contribution in [0.25, 0.3) is 0 Å². The van der Waals surface area contributed by atoms with Gasteiger partial charge in [0, 0.05) is 44.2 Å². The molecule has 3 aliphatic heterocycles. The number of hydrogen-bond acceptors (Lipinski definition) is 6. The molecule has 2 saturated heterocycles. The summed E-state index contributed by atoms with van der Waals surface area (Å²) < 4.78 is 6.66. The highest BCUT2D eigenvalue weighted by Gasteiger charge is 2.39. The molecular formula is C33H36N4O4. The molecule has 3 aliphatic rings. The van der Waals surface area contributed by atoms with Crippen LogP contribution in [-0.4, -0.2) is 65.3 Å². The number of nitrogens with one attached hydrogen (secondary N) is 2. The monoisotopic (exact) mass is 552 g/mol. The van der Waals surface area contributed by atoms with Crippen molar-refractivity contribution < 1.29 is 19.1 Å². The zero-order valence-electron chi connectivity index (χ0n) is 23.1. The molecule has 3 amide bonds. The summed E-state index contributed by atoms with van der Waals surface area (Å²) >= 11 is 0. The standard InChI is InChI=1S/C33H36N4O4/c38-31-14-13-29(32(39)35-31)37-21-25-19-26(11-12-27(25)33(37)40)41-30-22-36(20-24-9-5-2-6-10-24)18-16-28(30)34-17-15-23-7-3-1-4-8-23/h1-12,19,28-30,34H,13-18,20-22H2,(H,35,38,39)/t28?,29?,30-/m1/s1. The summed E-state index contributed by atoms with van der Waals surface area (Å²) in [5.74, 6) is -0.132. The fourth-order valence-corrected chi connectivity index (χ4v) is 6.16. The van der Waals surface area contributed by atoms with E-state index in [1.165, 1.54) is 11.1 Å². The second-order valence-electron chi connectivity index (χ2n) is 11.2. The van der Waals surface area contributed by atoms with Crippen LogP contribution >= 0.6 is 0 Å². The van der Waals surface area contributed by atoms with Crippen molar-refractivity contribution in [1.29, 1.82) is 0 Å². The van der Waals surface area contributed by atoms with Crippen LogP contribution in [-0.2, 0) is 29.1 Å². The molecule has 0 bridgehead atoms. The van der Waals surface area contributed by atoms with Crippen LogP contribution < -0.4 is 15.4 Å². The lowest BCUT2D eigenvalue weighted by Gasteiger charge is -2.39. The number of benzene rings is 3. The van der Waals surface area contributed by atoms with Crippen LogP contribution in [0.3, 0.4) is 0 Å². The predicted octanol–water partition coefficient (Wildman–Crippen LogP) is 3.30. The molecule has 3 heterocycles. The topological polar surface area (TPSA) is 91.0 Å². The maximum Gasteiger partial charge on any atom is 0.255 e. The fraction of sp³-hybridized carbons (Fsp3) is 0.364. The SMILES string of the molecule is O=C1CCC(N2Cc3cc(O[C@@H]4CN(Cc5ccccc5)CCC4NCCc4ccccc4)ccc3C2=O)C(=O)N1. The summed E-state index contributed by atoms with van der Waals surface area (Å²) in [4.78, 5) is 41.2. The molecule has 2 N–H and O–H groups in total. The Balaban J connectivity index is 1.15.